The number of rotatable bonds is 5. The van der Waals surface area contributed by atoms with Crippen LogP contribution in [0.25, 0.3) is 0 Å². The van der Waals surface area contributed by atoms with Crippen LogP contribution in [0.15, 0.2) is 4.47 Å². The molecule has 0 radical (unpaired) electrons. The van der Waals surface area contributed by atoms with E-state index in [4.69, 9.17) is 14.7 Å². The fourth-order valence-corrected chi connectivity index (χ4v) is 3.30. The topological polar surface area (TPSA) is 47.0 Å². The van der Waals surface area contributed by atoms with Crippen molar-refractivity contribution >= 4 is 21.7 Å². The molecule has 0 atom stereocenters. The summed E-state index contributed by atoms with van der Waals surface area (Å²) >= 11 is 3.58. The van der Waals surface area contributed by atoms with Crippen molar-refractivity contribution in [2.45, 2.75) is 59.0 Å². The third kappa shape index (κ3) is 3.57. The van der Waals surface area contributed by atoms with Crippen LogP contribution in [0.5, 0.6) is 0 Å². The summed E-state index contributed by atoms with van der Waals surface area (Å²) in [4.78, 5) is 9.50. The lowest BCUT2D eigenvalue weighted by atomic mass is 9.78. The maximum atomic E-state index is 6.16. The van der Waals surface area contributed by atoms with E-state index < -0.39 is 0 Å². The first-order valence-corrected chi connectivity index (χ1v) is 8.74. The first kappa shape index (κ1) is 16.7. The Labute approximate surface area is 136 Å². The van der Waals surface area contributed by atoms with Crippen molar-refractivity contribution in [1.29, 1.82) is 0 Å². The van der Waals surface area contributed by atoms with E-state index in [1.165, 1.54) is 12.8 Å². The Bertz CT molecular complexity index is 485. The summed E-state index contributed by atoms with van der Waals surface area (Å²) in [6, 6.07) is 0. The quantitative estimate of drug-likeness (QED) is 0.848. The second-order valence-electron chi connectivity index (χ2n) is 5.94. The van der Waals surface area contributed by atoms with Crippen LogP contribution in [-0.2, 0) is 10.3 Å². The van der Waals surface area contributed by atoms with Crippen LogP contribution in [0.2, 0.25) is 0 Å². The predicted molar refractivity (Wildman–Crippen MR) is 89.6 cm³/mol. The molecule has 1 aromatic rings. The number of hydrogen-bond donors (Lipinski definition) is 1. The van der Waals surface area contributed by atoms with Crippen LogP contribution in [0.3, 0.4) is 0 Å². The highest BCUT2D eigenvalue weighted by atomic mass is 79.9. The van der Waals surface area contributed by atoms with Gasteiger partial charge in [0.2, 0.25) is 0 Å². The lowest BCUT2D eigenvalue weighted by Gasteiger charge is -2.38. The Morgan fingerprint density at radius 3 is 2.52 bits per heavy atom. The number of anilines is 1. The molecule has 0 unspecified atom stereocenters. The molecule has 1 aliphatic carbocycles. The molecule has 5 heteroatoms. The average molecular weight is 356 g/mol. The Balaban J connectivity index is 2.40. The van der Waals surface area contributed by atoms with Gasteiger partial charge in [-0.05, 0) is 68.3 Å². The molecule has 1 aromatic heterocycles. The molecule has 4 nitrogen and oxygen atoms in total. The Kier molecular flexibility index (Phi) is 5.60. The van der Waals surface area contributed by atoms with Gasteiger partial charge < -0.3 is 10.1 Å². The normalized spacial score (nSPS) is 25.9. The highest BCUT2D eigenvalue weighted by Crippen LogP contribution is 2.42. The van der Waals surface area contributed by atoms with Gasteiger partial charge in [-0.2, -0.15) is 0 Å². The molecule has 0 saturated heterocycles. The number of aryl methyl sites for hydroxylation is 1. The van der Waals surface area contributed by atoms with Gasteiger partial charge in [0.15, 0.2) is 5.82 Å². The number of nitrogens with one attached hydrogen (secondary N) is 1. The summed E-state index contributed by atoms with van der Waals surface area (Å²) in [7, 11) is 0. The van der Waals surface area contributed by atoms with Crippen LogP contribution in [-0.4, -0.2) is 23.1 Å². The predicted octanol–water partition coefficient (Wildman–Crippen LogP) is 4.42. The standard InChI is InChI=1S/C16H26BrN3O/c1-5-18-14-13(17)12(4)19-15(20-14)16(21-6-2)9-7-11(3)8-10-16/h11H,5-10H2,1-4H3,(H,18,19,20). The van der Waals surface area contributed by atoms with Crippen LogP contribution in [0, 0.1) is 12.8 Å². The minimum Gasteiger partial charge on any atom is -0.369 e. The number of halogens is 1. The van der Waals surface area contributed by atoms with Gasteiger partial charge in [0.25, 0.3) is 0 Å². The summed E-state index contributed by atoms with van der Waals surface area (Å²) in [5, 5.41) is 3.31. The van der Waals surface area contributed by atoms with Gasteiger partial charge in [-0.15, -0.1) is 0 Å². The molecule has 118 valence electrons. The summed E-state index contributed by atoms with van der Waals surface area (Å²) < 4.78 is 7.11. The van der Waals surface area contributed by atoms with Crippen molar-refractivity contribution < 1.29 is 4.74 Å². The average Bonchev–Trinajstić information content (AvgIpc) is 2.47. The maximum absolute atomic E-state index is 6.16. The molecule has 0 spiro atoms. The maximum Gasteiger partial charge on any atom is 0.162 e. The second kappa shape index (κ2) is 7.05. The summed E-state index contributed by atoms with van der Waals surface area (Å²) in [6.07, 6.45) is 4.37. The number of nitrogens with zero attached hydrogens (tertiary/aromatic N) is 2. The van der Waals surface area contributed by atoms with Crippen LogP contribution < -0.4 is 5.32 Å². The van der Waals surface area contributed by atoms with Crippen molar-refractivity contribution in [3.05, 3.63) is 16.0 Å². The SMILES string of the molecule is CCNc1nc(C2(OCC)CCC(C)CC2)nc(C)c1Br. The molecular weight excluding hydrogens is 330 g/mol. The molecule has 0 aliphatic heterocycles. The van der Waals surface area contributed by atoms with Gasteiger partial charge >= 0.3 is 0 Å². The smallest absolute Gasteiger partial charge is 0.162 e. The van der Waals surface area contributed by atoms with Gasteiger partial charge in [0.1, 0.15) is 11.4 Å². The summed E-state index contributed by atoms with van der Waals surface area (Å²) in [6.45, 7) is 9.99. The monoisotopic (exact) mass is 355 g/mol. The van der Waals surface area contributed by atoms with E-state index in [0.717, 1.165) is 47.1 Å². The van der Waals surface area contributed by atoms with Gasteiger partial charge in [0.05, 0.1) is 10.2 Å². The van der Waals surface area contributed by atoms with E-state index in [0.29, 0.717) is 6.61 Å². The zero-order chi connectivity index (χ0) is 15.5. The molecule has 0 bridgehead atoms. The van der Waals surface area contributed by atoms with E-state index in [9.17, 15) is 0 Å². The highest BCUT2D eigenvalue weighted by Gasteiger charge is 2.39. The van der Waals surface area contributed by atoms with Crippen molar-refractivity contribution in [3.63, 3.8) is 0 Å². The van der Waals surface area contributed by atoms with E-state index >= 15 is 0 Å². The molecule has 0 amide bonds. The zero-order valence-electron chi connectivity index (χ0n) is 13.5. The fraction of sp³-hybridized carbons (Fsp3) is 0.750. The number of aromatic nitrogens is 2. The lowest BCUT2D eigenvalue weighted by molar-refractivity contribution is -0.0837. The molecule has 1 heterocycles. The largest absolute Gasteiger partial charge is 0.369 e. The molecule has 2 rings (SSSR count). The summed E-state index contributed by atoms with van der Waals surface area (Å²) in [5.41, 5.74) is 0.658. The highest BCUT2D eigenvalue weighted by molar-refractivity contribution is 9.10. The molecule has 21 heavy (non-hydrogen) atoms. The molecule has 0 aromatic carbocycles. The van der Waals surface area contributed by atoms with E-state index in [1.807, 2.05) is 6.92 Å². The molecular formula is C16H26BrN3O. The number of hydrogen-bond acceptors (Lipinski definition) is 4. The molecule has 1 fully saturated rings. The van der Waals surface area contributed by atoms with Crippen LogP contribution in [0.4, 0.5) is 5.82 Å². The van der Waals surface area contributed by atoms with Crippen molar-refractivity contribution in [2.24, 2.45) is 5.92 Å². The second-order valence-corrected chi connectivity index (χ2v) is 6.73. The van der Waals surface area contributed by atoms with Gasteiger partial charge in [-0.25, -0.2) is 9.97 Å². The minimum absolute atomic E-state index is 0.309. The first-order chi connectivity index (χ1) is 10.0. The van der Waals surface area contributed by atoms with Gasteiger partial charge in [-0.1, -0.05) is 6.92 Å². The fourth-order valence-electron chi connectivity index (χ4n) is 2.98. The van der Waals surface area contributed by atoms with Crippen molar-refractivity contribution in [2.75, 3.05) is 18.5 Å². The van der Waals surface area contributed by atoms with E-state index in [1.54, 1.807) is 0 Å². The minimum atomic E-state index is -0.309. The first-order valence-electron chi connectivity index (χ1n) is 7.94. The van der Waals surface area contributed by atoms with Crippen LogP contribution in [0.1, 0.15) is 58.0 Å². The Morgan fingerprint density at radius 2 is 1.95 bits per heavy atom. The van der Waals surface area contributed by atoms with Gasteiger partial charge in [-0.3, -0.25) is 0 Å². The van der Waals surface area contributed by atoms with Crippen molar-refractivity contribution in [3.8, 4) is 0 Å². The van der Waals surface area contributed by atoms with Crippen molar-refractivity contribution in [1.82, 2.24) is 9.97 Å². The molecule has 1 aliphatic rings. The van der Waals surface area contributed by atoms with E-state index in [2.05, 4.69) is 42.0 Å². The Morgan fingerprint density at radius 1 is 1.29 bits per heavy atom. The molecule has 1 saturated carbocycles. The zero-order valence-corrected chi connectivity index (χ0v) is 15.1. The third-order valence-electron chi connectivity index (χ3n) is 4.27. The third-order valence-corrected chi connectivity index (χ3v) is 5.22. The number of ether oxygens (including phenoxy) is 1. The Hall–Kier alpha value is -0.680. The summed E-state index contributed by atoms with van der Waals surface area (Å²) in [5.74, 6) is 2.48. The van der Waals surface area contributed by atoms with E-state index in [-0.39, 0.29) is 5.60 Å². The molecule has 1 N–H and O–H groups in total. The van der Waals surface area contributed by atoms with Gasteiger partial charge in [0, 0.05) is 13.2 Å². The lowest BCUT2D eigenvalue weighted by Crippen LogP contribution is -2.36. The van der Waals surface area contributed by atoms with Crippen LogP contribution >= 0.6 is 15.9 Å².